The molecule has 1 atom stereocenters. The van der Waals surface area contributed by atoms with E-state index in [1.165, 1.54) is 6.07 Å². The van der Waals surface area contributed by atoms with Gasteiger partial charge in [0.05, 0.1) is 11.5 Å². The summed E-state index contributed by atoms with van der Waals surface area (Å²) in [6.07, 6.45) is 2.50. The van der Waals surface area contributed by atoms with E-state index in [1.807, 2.05) is 0 Å². The summed E-state index contributed by atoms with van der Waals surface area (Å²) in [6.45, 7) is 0.359. The van der Waals surface area contributed by atoms with E-state index in [2.05, 4.69) is 5.32 Å². The molecule has 1 aromatic rings. The maximum atomic E-state index is 12.0. The number of hydrogen-bond acceptors (Lipinski definition) is 5. The van der Waals surface area contributed by atoms with Crippen LogP contribution in [0.2, 0.25) is 0 Å². The summed E-state index contributed by atoms with van der Waals surface area (Å²) in [6, 6.07) is 4.25. The summed E-state index contributed by atoms with van der Waals surface area (Å²) in [7, 11) is 1.57. The smallest absolute Gasteiger partial charge is 0.292 e. The summed E-state index contributed by atoms with van der Waals surface area (Å²) in [5.74, 6) is -0.129. The lowest BCUT2D eigenvalue weighted by Crippen LogP contribution is -2.49. The number of carbonyl (C=O) groups excluding carboxylic acids is 1. The lowest BCUT2D eigenvalue weighted by molar-refractivity contribution is -0.384. The number of nitrogens with zero attached hydrogens (tertiary/aromatic N) is 2. The highest BCUT2D eigenvalue weighted by Crippen LogP contribution is 2.33. The van der Waals surface area contributed by atoms with Crippen molar-refractivity contribution in [3.63, 3.8) is 0 Å². The van der Waals surface area contributed by atoms with Crippen LogP contribution in [0.15, 0.2) is 18.2 Å². The Labute approximate surface area is 122 Å². The third kappa shape index (κ3) is 3.13. The number of rotatable bonds is 4. The molecule has 0 spiro atoms. The highest BCUT2D eigenvalue weighted by molar-refractivity contribution is 5.86. The molecule has 1 unspecified atom stereocenters. The predicted molar refractivity (Wildman–Crippen MR) is 78.1 cm³/mol. The van der Waals surface area contributed by atoms with Crippen LogP contribution in [0, 0.1) is 10.1 Å². The predicted octanol–water partition coefficient (Wildman–Crippen LogP) is 1.19. The first-order valence-corrected chi connectivity index (χ1v) is 6.95. The summed E-state index contributed by atoms with van der Waals surface area (Å²) in [5.41, 5.74) is 0.849. The zero-order chi connectivity index (χ0) is 15.4. The average Bonchev–Trinajstić information content (AvgIpc) is 2.53. The lowest BCUT2D eigenvalue weighted by atomic mass is 9.99. The number of likely N-dealkylation sites (N-methyl/N-ethyl adjacent to an activating group) is 1. The van der Waals surface area contributed by atoms with Gasteiger partial charge in [0, 0.05) is 19.7 Å². The van der Waals surface area contributed by atoms with Crippen LogP contribution >= 0.6 is 0 Å². The minimum absolute atomic E-state index is 0.0719. The SMILES string of the molecule is CNC(=O)C1CCCCN1c1ccc(CO)cc1[N+](=O)[O-]. The molecule has 7 heteroatoms. The van der Waals surface area contributed by atoms with Crippen LogP contribution in [0.3, 0.4) is 0 Å². The molecule has 0 bridgehead atoms. The lowest BCUT2D eigenvalue weighted by Gasteiger charge is -2.35. The van der Waals surface area contributed by atoms with E-state index in [0.29, 0.717) is 24.2 Å². The summed E-state index contributed by atoms with van der Waals surface area (Å²) in [5, 5.41) is 23.0. The first-order valence-electron chi connectivity index (χ1n) is 6.95. The second-order valence-corrected chi connectivity index (χ2v) is 5.06. The Balaban J connectivity index is 2.42. The van der Waals surface area contributed by atoms with Crippen LogP contribution < -0.4 is 10.2 Å². The Morgan fingerprint density at radius 1 is 1.52 bits per heavy atom. The van der Waals surface area contributed by atoms with Gasteiger partial charge in [0.15, 0.2) is 0 Å². The number of benzene rings is 1. The number of aliphatic hydroxyl groups is 1. The van der Waals surface area contributed by atoms with Gasteiger partial charge in [0.2, 0.25) is 5.91 Å². The van der Waals surface area contributed by atoms with Crippen molar-refractivity contribution in [3.8, 4) is 0 Å². The van der Waals surface area contributed by atoms with Crippen molar-refractivity contribution < 1.29 is 14.8 Å². The molecule has 1 aliphatic rings. The van der Waals surface area contributed by atoms with E-state index < -0.39 is 4.92 Å². The molecule has 21 heavy (non-hydrogen) atoms. The molecule has 0 aliphatic carbocycles. The molecule has 1 aliphatic heterocycles. The molecule has 114 valence electrons. The van der Waals surface area contributed by atoms with Crippen molar-refractivity contribution in [1.82, 2.24) is 5.32 Å². The Hall–Kier alpha value is -2.15. The number of hydrogen-bond donors (Lipinski definition) is 2. The number of nitro groups is 1. The maximum absolute atomic E-state index is 12.0. The molecule has 0 radical (unpaired) electrons. The normalized spacial score (nSPS) is 18.4. The van der Waals surface area contributed by atoms with Gasteiger partial charge < -0.3 is 15.3 Å². The highest BCUT2D eigenvalue weighted by atomic mass is 16.6. The van der Waals surface area contributed by atoms with Gasteiger partial charge in [0.25, 0.3) is 5.69 Å². The molecule has 1 saturated heterocycles. The van der Waals surface area contributed by atoms with Crippen LogP contribution in [0.1, 0.15) is 24.8 Å². The molecule has 0 aromatic heterocycles. The van der Waals surface area contributed by atoms with Crippen LogP contribution in [0.4, 0.5) is 11.4 Å². The monoisotopic (exact) mass is 293 g/mol. The van der Waals surface area contributed by atoms with Crippen molar-refractivity contribution >= 4 is 17.3 Å². The summed E-state index contributed by atoms with van der Waals surface area (Å²) in [4.78, 5) is 24.6. The van der Waals surface area contributed by atoms with Gasteiger partial charge in [-0.2, -0.15) is 0 Å². The Bertz CT molecular complexity index is 547. The van der Waals surface area contributed by atoms with Crippen molar-refractivity contribution in [1.29, 1.82) is 0 Å². The van der Waals surface area contributed by atoms with Crippen LogP contribution in [0.25, 0.3) is 0 Å². The van der Waals surface area contributed by atoms with Crippen LogP contribution in [-0.2, 0) is 11.4 Å². The minimum atomic E-state index is -0.468. The second kappa shape index (κ2) is 6.53. The van der Waals surface area contributed by atoms with Crippen molar-refractivity contribution in [2.75, 3.05) is 18.5 Å². The zero-order valence-corrected chi connectivity index (χ0v) is 11.9. The largest absolute Gasteiger partial charge is 0.392 e. The first-order chi connectivity index (χ1) is 10.1. The second-order valence-electron chi connectivity index (χ2n) is 5.06. The number of aliphatic hydroxyl groups excluding tert-OH is 1. The van der Waals surface area contributed by atoms with Gasteiger partial charge in [-0.25, -0.2) is 0 Å². The van der Waals surface area contributed by atoms with Crippen molar-refractivity contribution in [3.05, 3.63) is 33.9 Å². The number of amides is 1. The fraction of sp³-hybridized carbons (Fsp3) is 0.500. The molecule has 7 nitrogen and oxygen atoms in total. The van der Waals surface area contributed by atoms with Gasteiger partial charge in [-0.05, 0) is 30.9 Å². The van der Waals surface area contributed by atoms with E-state index >= 15 is 0 Å². The van der Waals surface area contributed by atoms with Crippen LogP contribution in [0.5, 0.6) is 0 Å². The van der Waals surface area contributed by atoms with Gasteiger partial charge in [-0.15, -0.1) is 0 Å². The van der Waals surface area contributed by atoms with E-state index in [-0.39, 0.29) is 24.2 Å². The Kier molecular flexibility index (Phi) is 4.74. The molecule has 1 heterocycles. The number of piperidine rings is 1. The number of anilines is 1. The first kappa shape index (κ1) is 15.2. The quantitative estimate of drug-likeness (QED) is 0.642. The van der Waals surface area contributed by atoms with E-state index in [9.17, 15) is 14.9 Å². The van der Waals surface area contributed by atoms with E-state index in [0.717, 1.165) is 12.8 Å². The molecular formula is C14H19N3O4. The molecule has 0 saturated carbocycles. The highest BCUT2D eigenvalue weighted by Gasteiger charge is 2.32. The summed E-state index contributed by atoms with van der Waals surface area (Å²) < 4.78 is 0. The fourth-order valence-corrected chi connectivity index (χ4v) is 2.72. The van der Waals surface area contributed by atoms with Gasteiger partial charge in [-0.1, -0.05) is 6.07 Å². The fourth-order valence-electron chi connectivity index (χ4n) is 2.72. The van der Waals surface area contributed by atoms with Crippen molar-refractivity contribution in [2.45, 2.75) is 31.9 Å². The maximum Gasteiger partial charge on any atom is 0.292 e. The van der Waals surface area contributed by atoms with E-state index in [1.54, 1.807) is 24.1 Å². The van der Waals surface area contributed by atoms with Gasteiger partial charge in [-0.3, -0.25) is 14.9 Å². The van der Waals surface area contributed by atoms with Crippen LogP contribution in [-0.4, -0.2) is 35.6 Å². The van der Waals surface area contributed by atoms with Gasteiger partial charge in [0.1, 0.15) is 11.7 Å². The van der Waals surface area contributed by atoms with Gasteiger partial charge >= 0.3 is 0 Å². The topological polar surface area (TPSA) is 95.7 Å². The number of carbonyl (C=O) groups is 1. The van der Waals surface area contributed by atoms with E-state index in [4.69, 9.17) is 5.11 Å². The number of nitrogens with one attached hydrogen (secondary N) is 1. The molecular weight excluding hydrogens is 274 g/mol. The third-order valence-corrected chi connectivity index (χ3v) is 3.78. The Morgan fingerprint density at radius 3 is 2.90 bits per heavy atom. The number of nitro benzene ring substituents is 1. The Morgan fingerprint density at radius 2 is 2.29 bits per heavy atom. The average molecular weight is 293 g/mol. The third-order valence-electron chi connectivity index (χ3n) is 3.78. The molecule has 1 fully saturated rings. The molecule has 1 aromatic carbocycles. The molecule has 2 N–H and O–H groups in total. The molecule has 1 amide bonds. The minimum Gasteiger partial charge on any atom is -0.392 e. The zero-order valence-electron chi connectivity index (χ0n) is 11.9. The summed E-state index contributed by atoms with van der Waals surface area (Å²) >= 11 is 0. The molecule has 2 rings (SSSR count). The standard InChI is InChI=1S/C14H19N3O4/c1-15-14(19)12-4-2-3-7-16(12)11-6-5-10(9-18)8-13(11)17(20)21/h5-6,8,12,18H,2-4,7,9H2,1H3,(H,15,19). The van der Waals surface area contributed by atoms with Crippen molar-refractivity contribution in [2.24, 2.45) is 0 Å².